The Hall–Kier alpha value is -2.80. The molecule has 7 heteroatoms. The van der Waals surface area contributed by atoms with Gasteiger partial charge in [0.05, 0.1) is 22.1 Å². The third-order valence-electron chi connectivity index (χ3n) is 4.16. The lowest BCUT2D eigenvalue weighted by Crippen LogP contribution is -2.21. The van der Waals surface area contributed by atoms with Crippen LogP contribution < -0.4 is 0 Å². The van der Waals surface area contributed by atoms with Gasteiger partial charge in [-0.05, 0) is 30.2 Å². The number of thioether (sulfide) groups is 1. The molecule has 1 aliphatic heterocycles. The van der Waals surface area contributed by atoms with Crippen LogP contribution in [0.25, 0.3) is 5.57 Å². The fourth-order valence-electron chi connectivity index (χ4n) is 2.91. The van der Waals surface area contributed by atoms with E-state index in [2.05, 4.69) is 17.0 Å². The molecule has 0 aliphatic carbocycles. The molecule has 2 aromatic carbocycles. The Morgan fingerprint density at radius 2 is 1.89 bits per heavy atom. The molecule has 140 valence electrons. The van der Waals surface area contributed by atoms with Crippen molar-refractivity contribution in [1.29, 1.82) is 0 Å². The Labute approximate surface area is 162 Å². The van der Waals surface area contributed by atoms with E-state index in [1.807, 2.05) is 18.2 Å². The highest BCUT2D eigenvalue weighted by atomic mass is 32.2. The van der Waals surface area contributed by atoms with E-state index in [1.165, 1.54) is 12.1 Å². The summed E-state index contributed by atoms with van der Waals surface area (Å²) in [5, 5.41) is 11.8. The molecular formula is C20H20N2O4S. The van der Waals surface area contributed by atoms with Gasteiger partial charge >= 0.3 is 5.97 Å². The first-order valence-corrected chi connectivity index (χ1v) is 9.66. The first-order valence-electron chi connectivity index (χ1n) is 8.68. The first-order chi connectivity index (χ1) is 13.1. The Kier molecular flexibility index (Phi) is 6.13. The van der Waals surface area contributed by atoms with Crippen LogP contribution in [0.5, 0.6) is 0 Å². The van der Waals surface area contributed by atoms with Gasteiger partial charge in [0.2, 0.25) is 0 Å². The van der Waals surface area contributed by atoms with E-state index in [1.54, 1.807) is 30.8 Å². The molecule has 1 heterocycles. The van der Waals surface area contributed by atoms with Crippen LogP contribution >= 0.6 is 11.8 Å². The van der Waals surface area contributed by atoms with Gasteiger partial charge in [0.1, 0.15) is 0 Å². The third-order valence-corrected chi connectivity index (χ3v) is 5.29. The van der Waals surface area contributed by atoms with Crippen LogP contribution in [-0.4, -0.2) is 34.7 Å². The molecular weight excluding hydrogens is 364 g/mol. The predicted octanol–water partition coefficient (Wildman–Crippen LogP) is 4.08. The largest absolute Gasteiger partial charge is 0.462 e. The number of carbonyl (C=O) groups is 1. The molecule has 1 aliphatic rings. The SMILES string of the molecule is CCOC(=O)/C(=C1\SCCN1Cc1ccccc1)c1ccc([N+](=O)[O-])cc1. The Bertz CT molecular complexity index is 850. The Morgan fingerprint density at radius 3 is 2.52 bits per heavy atom. The standard InChI is InChI=1S/C20H20N2O4S/c1-2-26-20(23)18(16-8-10-17(11-9-16)22(24)25)19-21(12-13-27-19)14-15-6-4-3-5-7-15/h3-11H,2,12-14H2,1H3/b19-18-. The van der Waals surface area contributed by atoms with Crippen molar-refractivity contribution < 1.29 is 14.5 Å². The summed E-state index contributed by atoms with van der Waals surface area (Å²) in [5.74, 6) is 0.465. The highest BCUT2D eigenvalue weighted by molar-refractivity contribution is 8.03. The maximum absolute atomic E-state index is 12.7. The maximum atomic E-state index is 12.7. The first kappa shape index (κ1) is 19.0. The molecule has 0 N–H and O–H groups in total. The number of hydrogen-bond donors (Lipinski definition) is 0. The summed E-state index contributed by atoms with van der Waals surface area (Å²) >= 11 is 1.61. The summed E-state index contributed by atoms with van der Waals surface area (Å²) in [6.45, 7) is 3.55. The van der Waals surface area contributed by atoms with Gasteiger partial charge in [-0.25, -0.2) is 4.79 Å². The van der Waals surface area contributed by atoms with E-state index in [0.717, 1.165) is 22.9 Å². The molecule has 1 fully saturated rings. The zero-order valence-corrected chi connectivity index (χ0v) is 15.8. The summed E-state index contributed by atoms with van der Waals surface area (Å²) in [5.41, 5.74) is 2.24. The number of nitro groups is 1. The highest BCUT2D eigenvalue weighted by Gasteiger charge is 2.28. The van der Waals surface area contributed by atoms with E-state index in [0.29, 0.717) is 17.7 Å². The number of benzene rings is 2. The fourth-order valence-corrected chi connectivity index (χ4v) is 4.10. The minimum atomic E-state index is -0.451. The number of nitrogens with zero attached hydrogens (tertiary/aromatic N) is 2. The van der Waals surface area contributed by atoms with Gasteiger partial charge in [-0.2, -0.15) is 0 Å². The fraction of sp³-hybridized carbons (Fsp3) is 0.250. The second-order valence-electron chi connectivity index (χ2n) is 5.96. The van der Waals surface area contributed by atoms with Crippen molar-refractivity contribution in [3.8, 4) is 0 Å². The van der Waals surface area contributed by atoms with Gasteiger partial charge in [-0.3, -0.25) is 10.1 Å². The molecule has 0 atom stereocenters. The second kappa shape index (κ2) is 8.73. The van der Waals surface area contributed by atoms with Crippen LogP contribution in [0.1, 0.15) is 18.1 Å². The van der Waals surface area contributed by atoms with Crippen molar-refractivity contribution in [1.82, 2.24) is 4.90 Å². The van der Waals surface area contributed by atoms with Crippen molar-refractivity contribution in [3.63, 3.8) is 0 Å². The number of carbonyl (C=O) groups excluding carboxylic acids is 1. The smallest absolute Gasteiger partial charge is 0.341 e. The average molecular weight is 384 g/mol. The molecule has 0 aromatic heterocycles. The average Bonchev–Trinajstić information content (AvgIpc) is 3.11. The molecule has 0 bridgehead atoms. The van der Waals surface area contributed by atoms with E-state index in [4.69, 9.17) is 4.74 Å². The minimum absolute atomic E-state index is 0.00724. The molecule has 0 radical (unpaired) electrons. The molecule has 0 amide bonds. The Balaban J connectivity index is 1.99. The number of ether oxygens (including phenoxy) is 1. The van der Waals surface area contributed by atoms with Crippen LogP contribution in [0.15, 0.2) is 59.6 Å². The number of esters is 1. The quantitative estimate of drug-likeness (QED) is 0.323. The van der Waals surface area contributed by atoms with E-state index in [9.17, 15) is 14.9 Å². The van der Waals surface area contributed by atoms with Gasteiger partial charge in [-0.15, -0.1) is 11.8 Å². The third kappa shape index (κ3) is 4.49. The molecule has 2 aromatic rings. The second-order valence-corrected chi connectivity index (χ2v) is 7.04. The molecule has 3 rings (SSSR count). The zero-order chi connectivity index (χ0) is 19.2. The number of hydrogen-bond acceptors (Lipinski definition) is 6. The number of non-ortho nitro benzene ring substituents is 1. The summed E-state index contributed by atoms with van der Waals surface area (Å²) in [4.78, 5) is 25.3. The maximum Gasteiger partial charge on any atom is 0.341 e. The van der Waals surface area contributed by atoms with Gasteiger partial charge in [0.25, 0.3) is 5.69 Å². The lowest BCUT2D eigenvalue weighted by Gasteiger charge is -2.22. The number of nitro benzene ring substituents is 1. The normalized spacial score (nSPS) is 15.5. The van der Waals surface area contributed by atoms with Crippen molar-refractivity contribution >= 4 is 29.0 Å². The van der Waals surface area contributed by atoms with Gasteiger partial charge in [-0.1, -0.05) is 30.3 Å². The van der Waals surface area contributed by atoms with E-state index in [-0.39, 0.29) is 12.3 Å². The van der Waals surface area contributed by atoms with E-state index < -0.39 is 10.9 Å². The molecule has 0 saturated carbocycles. The number of rotatable bonds is 6. The molecule has 27 heavy (non-hydrogen) atoms. The summed E-state index contributed by atoms with van der Waals surface area (Å²) in [6.07, 6.45) is 0. The van der Waals surface area contributed by atoms with Crippen LogP contribution in [-0.2, 0) is 16.1 Å². The summed E-state index contributed by atoms with van der Waals surface area (Å²) in [6, 6.07) is 16.1. The van der Waals surface area contributed by atoms with Crippen LogP contribution in [0.2, 0.25) is 0 Å². The lowest BCUT2D eigenvalue weighted by atomic mass is 10.1. The van der Waals surface area contributed by atoms with Crippen LogP contribution in [0.4, 0.5) is 5.69 Å². The van der Waals surface area contributed by atoms with E-state index >= 15 is 0 Å². The van der Waals surface area contributed by atoms with Crippen molar-refractivity contribution in [2.45, 2.75) is 13.5 Å². The van der Waals surface area contributed by atoms with Gasteiger partial charge < -0.3 is 9.64 Å². The van der Waals surface area contributed by atoms with Crippen molar-refractivity contribution in [2.75, 3.05) is 18.9 Å². The Morgan fingerprint density at radius 1 is 1.19 bits per heavy atom. The predicted molar refractivity (Wildman–Crippen MR) is 106 cm³/mol. The highest BCUT2D eigenvalue weighted by Crippen LogP contribution is 2.37. The molecule has 6 nitrogen and oxygen atoms in total. The minimum Gasteiger partial charge on any atom is -0.462 e. The van der Waals surface area contributed by atoms with Crippen molar-refractivity contribution in [2.24, 2.45) is 0 Å². The molecule has 1 saturated heterocycles. The monoisotopic (exact) mass is 384 g/mol. The van der Waals surface area contributed by atoms with Crippen LogP contribution in [0.3, 0.4) is 0 Å². The summed E-state index contributed by atoms with van der Waals surface area (Å²) < 4.78 is 5.28. The lowest BCUT2D eigenvalue weighted by molar-refractivity contribution is -0.384. The molecule has 0 unspecified atom stereocenters. The topological polar surface area (TPSA) is 72.7 Å². The van der Waals surface area contributed by atoms with Gasteiger partial charge in [0, 0.05) is 31.0 Å². The zero-order valence-electron chi connectivity index (χ0n) is 15.0. The molecule has 0 spiro atoms. The summed E-state index contributed by atoms with van der Waals surface area (Å²) in [7, 11) is 0. The van der Waals surface area contributed by atoms with Crippen LogP contribution in [0, 0.1) is 10.1 Å². The van der Waals surface area contributed by atoms with Gasteiger partial charge in [0.15, 0.2) is 0 Å². The van der Waals surface area contributed by atoms with Crippen molar-refractivity contribution in [3.05, 3.63) is 80.9 Å².